The zero-order chi connectivity index (χ0) is 59.9. The molecule has 1 unspecified atom stereocenters. The highest BCUT2D eigenvalue weighted by atomic mass is 16.6. The van der Waals surface area contributed by atoms with Crippen LogP contribution < -0.4 is 0 Å². The molecule has 1 atom stereocenters. The third kappa shape index (κ3) is 68.7. The molecular formula is C77H132O6. The second-order valence-electron chi connectivity index (χ2n) is 23.4. The second-order valence-corrected chi connectivity index (χ2v) is 23.4. The van der Waals surface area contributed by atoms with Crippen molar-refractivity contribution in [1.82, 2.24) is 0 Å². The first-order valence-corrected chi connectivity index (χ1v) is 35.4. The molecule has 0 rings (SSSR count). The number of carbonyl (C=O) groups is 3. The molecule has 476 valence electrons. The molecule has 0 saturated heterocycles. The van der Waals surface area contributed by atoms with E-state index in [1.165, 1.54) is 186 Å². The van der Waals surface area contributed by atoms with Crippen molar-refractivity contribution in [1.29, 1.82) is 0 Å². The monoisotopic (exact) mass is 1150 g/mol. The average Bonchev–Trinajstić information content (AvgIpc) is 3.49. The van der Waals surface area contributed by atoms with Gasteiger partial charge in [0.1, 0.15) is 13.2 Å². The Labute approximate surface area is 514 Å². The molecular weight excluding hydrogens is 1020 g/mol. The summed E-state index contributed by atoms with van der Waals surface area (Å²) in [6.45, 7) is 6.50. The molecule has 0 fully saturated rings. The van der Waals surface area contributed by atoms with E-state index in [2.05, 4.69) is 130 Å². The highest BCUT2D eigenvalue weighted by molar-refractivity contribution is 5.71. The summed E-state index contributed by atoms with van der Waals surface area (Å²) in [5, 5.41) is 0. The zero-order valence-electron chi connectivity index (χ0n) is 54.7. The predicted octanol–water partition coefficient (Wildman–Crippen LogP) is 24.6. The maximum atomic E-state index is 12.9. The minimum atomic E-state index is -0.795. The smallest absolute Gasteiger partial charge is 0.306 e. The lowest BCUT2D eigenvalue weighted by Gasteiger charge is -2.18. The van der Waals surface area contributed by atoms with E-state index in [0.29, 0.717) is 12.8 Å². The third-order valence-corrected chi connectivity index (χ3v) is 15.3. The van der Waals surface area contributed by atoms with Gasteiger partial charge in [-0.3, -0.25) is 14.4 Å². The molecule has 0 spiro atoms. The van der Waals surface area contributed by atoms with E-state index in [9.17, 15) is 14.4 Å². The molecule has 0 radical (unpaired) electrons. The lowest BCUT2D eigenvalue weighted by molar-refractivity contribution is -0.167. The normalized spacial score (nSPS) is 12.8. The minimum absolute atomic E-state index is 0.0890. The first kappa shape index (κ1) is 79.1. The van der Waals surface area contributed by atoms with Crippen LogP contribution in [0, 0.1) is 0 Å². The van der Waals surface area contributed by atoms with Crippen LogP contribution in [0.4, 0.5) is 0 Å². The van der Waals surface area contributed by atoms with Crippen molar-refractivity contribution >= 4 is 17.9 Å². The van der Waals surface area contributed by atoms with Crippen LogP contribution in [0.1, 0.15) is 342 Å². The molecule has 6 nitrogen and oxygen atoms in total. The molecule has 0 amide bonds. The summed E-state index contributed by atoms with van der Waals surface area (Å²) in [7, 11) is 0. The van der Waals surface area contributed by atoms with E-state index in [0.717, 1.165) is 116 Å². The highest BCUT2D eigenvalue weighted by Crippen LogP contribution is 2.17. The van der Waals surface area contributed by atoms with E-state index >= 15 is 0 Å². The van der Waals surface area contributed by atoms with Crippen LogP contribution in [0.2, 0.25) is 0 Å². The van der Waals surface area contributed by atoms with Crippen LogP contribution in [-0.2, 0) is 28.6 Å². The highest BCUT2D eigenvalue weighted by Gasteiger charge is 2.19. The molecule has 0 bridgehead atoms. The van der Waals surface area contributed by atoms with E-state index in [1.807, 2.05) is 0 Å². The van der Waals surface area contributed by atoms with Gasteiger partial charge in [-0.25, -0.2) is 0 Å². The maximum absolute atomic E-state index is 12.9. The lowest BCUT2D eigenvalue weighted by Crippen LogP contribution is -2.30. The summed E-state index contributed by atoms with van der Waals surface area (Å²) in [6.07, 6.45) is 97.1. The Kier molecular flexibility index (Phi) is 67.2. The molecule has 0 aromatic heterocycles. The van der Waals surface area contributed by atoms with Gasteiger partial charge in [-0.2, -0.15) is 0 Å². The van der Waals surface area contributed by atoms with E-state index < -0.39 is 6.10 Å². The summed E-state index contributed by atoms with van der Waals surface area (Å²) >= 11 is 0. The molecule has 0 N–H and O–H groups in total. The molecule has 83 heavy (non-hydrogen) atoms. The molecule has 0 aromatic carbocycles. The molecule has 0 heterocycles. The number of ether oxygens (including phenoxy) is 3. The number of esters is 3. The van der Waals surface area contributed by atoms with Gasteiger partial charge >= 0.3 is 17.9 Å². The largest absolute Gasteiger partial charge is 0.462 e. The number of rotatable bonds is 64. The lowest BCUT2D eigenvalue weighted by atomic mass is 10.0. The van der Waals surface area contributed by atoms with Gasteiger partial charge in [0.25, 0.3) is 0 Å². The fourth-order valence-electron chi connectivity index (χ4n) is 9.99. The fourth-order valence-corrected chi connectivity index (χ4v) is 9.99. The summed E-state index contributed by atoms with van der Waals surface area (Å²) < 4.78 is 16.9. The van der Waals surface area contributed by atoms with Crippen LogP contribution in [0.5, 0.6) is 0 Å². The maximum Gasteiger partial charge on any atom is 0.306 e. The Morgan fingerprint density at radius 3 is 0.747 bits per heavy atom. The Morgan fingerprint density at radius 2 is 0.470 bits per heavy atom. The van der Waals surface area contributed by atoms with Crippen LogP contribution in [-0.4, -0.2) is 37.2 Å². The van der Waals surface area contributed by atoms with Crippen LogP contribution in [0.15, 0.2) is 109 Å². The summed E-state index contributed by atoms with van der Waals surface area (Å²) in [5.74, 6) is -0.913. The quantitative estimate of drug-likeness (QED) is 0.0261. The number of carbonyl (C=O) groups excluding carboxylic acids is 3. The predicted molar refractivity (Wildman–Crippen MR) is 362 cm³/mol. The Bertz CT molecular complexity index is 1660. The van der Waals surface area contributed by atoms with Gasteiger partial charge in [-0.15, -0.1) is 0 Å². The van der Waals surface area contributed by atoms with Crippen molar-refractivity contribution in [3.63, 3.8) is 0 Å². The SMILES string of the molecule is CC/C=C\C/C=C\C/C=C\C/C=C\C/C=C\C/C=C\C/C=C\CCCCCC(=O)OC(COC(=O)CCCCCCCCCCC)COC(=O)CCCCCCCCCCCCCCCCCCCCC/C=C\C/C=C\CCCCCCC. The molecule has 0 aromatic rings. The Morgan fingerprint density at radius 1 is 0.253 bits per heavy atom. The van der Waals surface area contributed by atoms with E-state index in [1.54, 1.807) is 0 Å². The zero-order valence-corrected chi connectivity index (χ0v) is 54.7. The van der Waals surface area contributed by atoms with Gasteiger partial charge in [0.2, 0.25) is 0 Å². The second kappa shape index (κ2) is 70.6. The number of hydrogen-bond donors (Lipinski definition) is 0. The first-order chi connectivity index (χ1) is 41.0. The number of allylic oxidation sites excluding steroid dienone is 18. The van der Waals surface area contributed by atoms with Gasteiger partial charge in [-0.05, 0) is 109 Å². The summed E-state index contributed by atoms with van der Waals surface area (Å²) in [6, 6.07) is 0. The molecule has 0 aliphatic rings. The van der Waals surface area contributed by atoms with Gasteiger partial charge in [0, 0.05) is 19.3 Å². The van der Waals surface area contributed by atoms with Crippen molar-refractivity contribution in [3.05, 3.63) is 109 Å². The van der Waals surface area contributed by atoms with Gasteiger partial charge < -0.3 is 14.2 Å². The van der Waals surface area contributed by atoms with Crippen LogP contribution in [0.25, 0.3) is 0 Å². The first-order valence-electron chi connectivity index (χ1n) is 35.4. The fraction of sp³-hybridized carbons (Fsp3) is 0.727. The van der Waals surface area contributed by atoms with Crippen molar-refractivity contribution in [3.8, 4) is 0 Å². The molecule has 0 saturated carbocycles. The number of hydrogen-bond acceptors (Lipinski definition) is 6. The molecule has 0 aliphatic carbocycles. The van der Waals surface area contributed by atoms with Crippen molar-refractivity contribution in [2.24, 2.45) is 0 Å². The Hall–Kier alpha value is -3.93. The third-order valence-electron chi connectivity index (χ3n) is 15.3. The van der Waals surface area contributed by atoms with Crippen molar-refractivity contribution < 1.29 is 28.6 Å². The standard InChI is InChI=1S/C77H132O6/c1-4-7-10-13-16-19-21-23-25-27-29-31-33-35-36-37-38-39-40-42-43-45-47-49-51-53-55-58-61-64-67-70-76(79)82-73-74(72-81-75(78)69-66-63-60-57-18-15-12-9-6-3)83-77(80)71-68-65-62-59-56-54-52-50-48-46-44-41-34-32-30-28-26-24-22-20-17-14-11-8-5-2/h8,11,17,20-21,23-24,26-27,29-30,32,41,44,48,50,54,56,74H,4-7,9-10,12-16,18-19,22,25,28,31,33-40,42-43,45-47,49,51-53,55,57-73H2,1-3H3/b11-8-,20-17-,23-21-,26-24-,29-27-,32-30-,44-41-,50-48-,56-54-. The summed E-state index contributed by atoms with van der Waals surface area (Å²) in [4.78, 5) is 38.3. The van der Waals surface area contributed by atoms with E-state index in [-0.39, 0.29) is 37.5 Å². The summed E-state index contributed by atoms with van der Waals surface area (Å²) in [5.41, 5.74) is 0. The average molecular weight is 1150 g/mol. The molecule has 6 heteroatoms. The molecule has 0 aliphatic heterocycles. The minimum Gasteiger partial charge on any atom is -0.462 e. The number of unbranched alkanes of at least 4 members (excludes halogenated alkanes) is 35. The van der Waals surface area contributed by atoms with Crippen LogP contribution >= 0.6 is 0 Å². The van der Waals surface area contributed by atoms with Crippen molar-refractivity contribution in [2.75, 3.05) is 13.2 Å². The van der Waals surface area contributed by atoms with Gasteiger partial charge in [-0.1, -0.05) is 323 Å². The van der Waals surface area contributed by atoms with E-state index in [4.69, 9.17) is 14.2 Å². The van der Waals surface area contributed by atoms with Gasteiger partial charge in [0.05, 0.1) is 0 Å². The topological polar surface area (TPSA) is 78.9 Å². The van der Waals surface area contributed by atoms with Gasteiger partial charge in [0.15, 0.2) is 6.10 Å². The van der Waals surface area contributed by atoms with Crippen LogP contribution in [0.3, 0.4) is 0 Å². The Balaban J connectivity index is 4.19. The van der Waals surface area contributed by atoms with Crippen molar-refractivity contribution in [2.45, 2.75) is 348 Å².